The van der Waals surface area contributed by atoms with E-state index in [1.54, 1.807) is 27.7 Å². The summed E-state index contributed by atoms with van der Waals surface area (Å²) in [6.07, 6.45) is 0.230. The highest BCUT2D eigenvalue weighted by molar-refractivity contribution is 6.16. The molecule has 0 aliphatic rings. The van der Waals surface area contributed by atoms with Crippen LogP contribution in [0.5, 0.6) is 0 Å². The number of allylic oxidation sites excluding steroid dienone is 1. The zero-order valence-corrected chi connectivity index (χ0v) is 9.88. The van der Waals surface area contributed by atoms with Gasteiger partial charge in [0.05, 0.1) is 0 Å². The monoisotopic (exact) mass is 214 g/mol. The molecule has 4 nitrogen and oxygen atoms in total. The second-order valence-corrected chi connectivity index (χ2v) is 4.23. The molecule has 0 saturated heterocycles. The van der Waals surface area contributed by atoms with E-state index in [-0.39, 0.29) is 17.8 Å². The van der Waals surface area contributed by atoms with E-state index in [1.807, 2.05) is 0 Å². The molecule has 0 bridgehead atoms. The topological polar surface area (TPSA) is 63.6 Å². The molecule has 0 heterocycles. The average Bonchev–Trinajstić information content (AvgIpc) is 1.99. The van der Waals surface area contributed by atoms with Crippen molar-refractivity contribution in [1.29, 1.82) is 0 Å². The third kappa shape index (κ3) is 4.63. The van der Waals surface area contributed by atoms with Gasteiger partial charge in [0.2, 0.25) is 0 Å². The first-order chi connectivity index (χ1) is 6.69. The number of ketones is 1. The van der Waals surface area contributed by atoms with Gasteiger partial charge in [-0.1, -0.05) is 6.92 Å². The number of ether oxygens (including phenoxy) is 1. The van der Waals surface area contributed by atoms with Crippen LogP contribution >= 0.6 is 0 Å². The predicted molar refractivity (Wildman–Crippen MR) is 56.5 cm³/mol. The second kappa shape index (κ2) is 4.96. The number of hydrogen-bond acceptors (Lipinski definition) is 4. The van der Waals surface area contributed by atoms with Gasteiger partial charge in [-0.05, 0) is 27.7 Å². The number of hydrogen-bond donors (Lipinski definition) is 1. The Morgan fingerprint density at radius 1 is 1.27 bits per heavy atom. The molecular weight excluding hydrogens is 196 g/mol. The summed E-state index contributed by atoms with van der Waals surface area (Å²) < 4.78 is 5.01. The van der Waals surface area contributed by atoms with E-state index in [0.717, 1.165) is 0 Å². The molecule has 0 aromatic heterocycles. The molecule has 0 aliphatic carbocycles. The Balaban J connectivity index is 4.99. The van der Waals surface area contributed by atoms with Crippen molar-refractivity contribution in [3.8, 4) is 0 Å². The molecule has 0 unspecified atom stereocenters. The lowest BCUT2D eigenvalue weighted by atomic mass is 10.1. The number of carbonyl (C=O) groups is 2. The summed E-state index contributed by atoms with van der Waals surface area (Å²) in [7, 11) is 0. The van der Waals surface area contributed by atoms with Crippen molar-refractivity contribution in [3.63, 3.8) is 0 Å². The summed E-state index contributed by atoms with van der Waals surface area (Å²) >= 11 is 0. The van der Waals surface area contributed by atoms with Crippen LogP contribution in [0.3, 0.4) is 0 Å². The molecule has 0 aliphatic heterocycles. The van der Waals surface area contributed by atoms with E-state index in [0.29, 0.717) is 0 Å². The highest BCUT2D eigenvalue weighted by Crippen LogP contribution is 2.14. The van der Waals surface area contributed by atoms with Crippen LogP contribution in [0.4, 0.5) is 0 Å². The van der Waals surface area contributed by atoms with E-state index in [1.165, 1.54) is 6.92 Å². The van der Waals surface area contributed by atoms with Gasteiger partial charge in [-0.2, -0.15) is 0 Å². The molecule has 86 valence electrons. The van der Waals surface area contributed by atoms with E-state index in [2.05, 4.69) is 0 Å². The minimum atomic E-state index is -0.769. The Hall–Kier alpha value is -1.32. The van der Waals surface area contributed by atoms with Gasteiger partial charge in [-0.25, -0.2) is 4.79 Å². The van der Waals surface area contributed by atoms with Gasteiger partial charge in [-0.15, -0.1) is 0 Å². The lowest BCUT2D eigenvalue weighted by molar-refractivity contribution is -0.150. The zero-order valence-electron chi connectivity index (χ0n) is 9.88. The highest BCUT2D eigenvalue weighted by Gasteiger charge is 2.25. The smallest absolute Gasteiger partial charge is 0.345 e. The second-order valence-electron chi connectivity index (χ2n) is 4.23. The van der Waals surface area contributed by atoms with E-state index in [4.69, 9.17) is 4.74 Å². The van der Waals surface area contributed by atoms with Crippen LogP contribution in [0.1, 0.15) is 41.0 Å². The summed E-state index contributed by atoms with van der Waals surface area (Å²) in [5.41, 5.74) is -0.932. The van der Waals surface area contributed by atoms with Crippen molar-refractivity contribution in [3.05, 3.63) is 11.3 Å². The highest BCUT2D eigenvalue weighted by atomic mass is 16.6. The van der Waals surface area contributed by atoms with Crippen LogP contribution in [0.15, 0.2) is 11.3 Å². The van der Waals surface area contributed by atoms with E-state index in [9.17, 15) is 14.7 Å². The van der Waals surface area contributed by atoms with Gasteiger partial charge < -0.3 is 9.84 Å². The average molecular weight is 214 g/mol. The van der Waals surface area contributed by atoms with Crippen LogP contribution in [0, 0.1) is 0 Å². The number of esters is 1. The SMILES string of the molecule is CC/C(O)=C(\C(C)=O)C(=O)OC(C)(C)C. The molecule has 0 amide bonds. The number of Topliss-reactive ketones (excluding diaryl/α,β-unsaturated/α-hetero) is 1. The third-order valence-electron chi connectivity index (χ3n) is 1.58. The fourth-order valence-corrected chi connectivity index (χ4v) is 0.971. The molecule has 1 N–H and O–H groups in total. The summed E-state index contributed by atoms with van der Waals surface area (Å²) in [5, 5.41) is 9.41. The van der Waals surface area contributed by atoms with Gasteiger partial charge in [0.15, 0.2) is 5.78 Å². The van der Waals surface area contributed by atoms with E-state index >= 15 is 0 Å². The molecule has 15 heavy (non-hydrogen) atoms. The largest absolute Gasteiger partial charge is 0.511 e. The van der Waals surface area contributed by atoms with Crippen molar-refractivity contribution in [2.24, 2.45) is 0 Å². The minimum Gasteiger partial charge on any atom is -0.511 e. The first kappa shape index (κ1) is 13.7. The van der Waals surface area contributed by atoms with E-state index < -0.39 is 17.4 Å². The van der Waals surface area contributed by atoms with Gasteiger partial charge in [0, 0.05) is 6.42 Å². The maximum atomic E-state index is 11.5. The Morgan fingerprint density at radius 2 is 1.73 bits per heavy atom. The van der Waals surface area contributed by atoms with Crippen molar-refractivity contribution in [2.75, 3.05) is 0 Å². The maximum absolute atomic E-state index is 11.5. The van der Waals surface area contributed by atoms with Crippen LogP contribution in [0.2, 0.25) is 0 Å². The predicted octanol–water partition coefficient (Wildman–Crippen LogP) is 2.14. The van der Waals surface area contributed by atoms with Gasteiger partial charge in [-0.3, -0.25) is 4.79 Å². The van der Waals surface area contributed by atoms with Gasteiger partial charge >= 0.3 is 5.97 Å². The number of rotatable bonds is 3. The Morgan fingerprint density at radius 3 is 2.00 bits per heavy atom. The lowest BCUT2D eigenvalue weighted by Crippen LogP contribution is -2.27. The fraction of sp³-hybridized carbons (Fsp3) is 0.636. The first-order valence-electron chi connectivity index (χ1n) is 4.85. The molecule has 0 fully saturated rings. The van der Waals surface area contributed by atoms with Crippen LogP contribution in [0.25, 0.3) is 0 Å². The molecular formula is C11H18O4. The molecule has 0 radical (unpaired) electrons. The van der Waals surface area contributed by atoms with Crippen LogP contribution < -0.4 is 0 Å². The Labute approximate surface area is 89.9 Å². The van der Waals surface area contributed by atoms with Crippen LogP contribution in [-0.4, -0.2) is 22.5 Å². The van der Waals surface area contributed by atoms with Gasteiger partial charge in [0.25, 0.3) is 0 Å². The van der Waals surface area contributed by atoms with Crippen molar-refractivity contribution in [2.45, 2.75) is 46.6 Å². The van der Waals surface area contributed by atoms with Gasteiger partial charge in [0.1, 0.15) is 16.9 Å². The lowest BCUT2D eigenvalue weighted by Gasteiger charge is -2.20. The quantitative estimate of drug-likeness (QED) is 0.257. The Kier molecular flexibility index (Phi) is 4.52. The molecule has 0 rings (SSSR count). The standard InChI is InChI=1S/C11H18O4/c1-6-8(13)9(7(2)12)10(14)15-11(3,4)5/h13H,6H2,1-5H3/b9-8-. The molecule has 4 heteroatoms. The first-order valence-corrected chi connectivity index (χ1v) is 4.85. The number of carbonyl (C=O) groups excluding carboxylic acids is 2. The minimum absolute atomic E-state index is 0.225. The maximum Gasteiger partial charge on any atom is 0.345 e. The summed E-state index contributed by atoms with van der Waals surface area (Å²) in [6.45, 7) is 7.98. The normalized spacial score (nSPS) is 13.1. The molecule has 0 aromatic rings. The van der Waals surface area contributed by atoms with Crippen molar-refractivity contribution in [1.82, 2.24) is 0 Å². The number of aliphatic hydroxyl groups is 1. The molecule has 0 saturated carbocycles. The summed E-state index contributed by atoms with van der Waals surface area (Å²) in [5.74, 6) is -1.48. The summed E-state index contributed by atoms with van der Waals surface area (Å²) in [6, 6.07) is 0. The van der Waals surface area contributed by atoms with Crippen molar-refractivity contribution >= 4 is 11.8 Å². The molecule has 0 spiro atoms. The van der Waals surface area contributed by atoms with Crippen molar-refractivity contribution < 1.29 is 19.4 Å². The Bertz CT molecular complexity index is 294. The summed E-state index contributed by atoms with van der Waals surface area (Å²) in [4.78, 5) is 22.7. The molecule has 0 aromatic carbocycles. The molecule has 0 atom stereocenters. The zero-order chi connectivity index (χ0) is 12.2. The fourth-order valence-electron chi connectivity index (χ4n) is 0.971. The third-order valence-corrected chi connectivity index (χ3v) is 1.58. The number of aliphatic hydroxyl groups excluding tert-OH is 1. The van der Waals surface area contributed by atoms with Crippen LogP contribution in [-0.2, 0) is 14.3 Å².